The minimum Gasteiger partial charge on any atom is -0.372 e. The number of hydrogen-bond acceptors (Lipinski definition) is 5. The average molecular weight is 595 g/mol. The largest absolute Gasteiger partial charge is 0.437 e. The number of aromatic nitrogens is 2. The Bertz CT molecular complexity index is 1530. The van der Waals surface area contributed by atoms with E-state index in [1.54, 1.807) is 5.32 Å². The van der Waals surface area contributed by atoms with E-state index in [0.29, 0.717) is 4.68 Å². The number of carbonyl (C=O) groups excluding carboxylic acids is 2. The maximum atomic E-state index is 14.4. The van der Waals surface area contributed by atoms with Gasteiger partial charge in [-0.1, -0.05) is 35.5 Å². The van der Waals surface area contributed by atoms with Crippen LogP contribution in [0.15, 0.2) is 47.6 Å². The van der Waals surface area contributed by atoms with Crippen molar-refractivity contribution >= 4 is 28.3 Å². The molecule has 2 N–H and O–H groups in total. The van der Waals surface area contributed by atoms with E-state index in [0.717, 1.165) is 7.05 Å². The Kier molecular flexibility index (Phi) is 7.43. The Morgan fingerprint density at radius 3 is 2.22 bits per heavy atom. The first-order valence-corrected chi connectivity index (χ1v) is 11.5. The molecule has 0 bridgehead atoms. The van der Waals surface area contributed by atoms with E-state index in [2.05, 4.69) is 15.6 Å². The number of amides is 2. The summed E-state index contributed by atoms with van der Waals surface area (Å²) >= 11 is 0. The lowest BCUT2D eigenvalue weighted by Crippen LogP contribution is -2.44. The minimum atomic E-state index is -5.22. The van der Waals surface area contributed by atoms with E-state index in [9.17, 15) is 49.1 Å². The van der Waals surface area contributed by atoms with Crippen molar-refractivity contribution in [3.63, 3.8) is 0 Å². The maximum absolute atomic E-state index is 14.4. The van der Waals surface area contributed by atoms with Gasteiger partial charge < -0.3 is 15.5 Å². The molecule has 3 aromatic rings. The van der Waals surface area contributed by atoms with Gasteiger partial charge in [-0.3, -0.25) is 14.3 Å². The number of oxime groups is 1. The number of carbonyl (C=O) groups is 2. The summed E-state index contributed by atoms with van der Waals surface area (Å²) in [5.41, 5.74) is -6.05. The molecule has 0 fully saturated rings. The van der Waals surface area contributed by atoms with Crippen LogP contribution in [0, 0.1) is 0 Å². The summed E-state index contributed by atoms with van der Waals surface area (Å²) in [6, 6.07) is 8.55. The van der Waals surface area contributed by atoms with Crippen LogP contribution in [0.25, 0.3) is 10.8 Å². The van der Waals surface area contributed by atoms with Gasteiger partial charge in [-0.05, 0) is 22.9 Å². The highest BCUT2D eigenvalue weighted by atomic mass is 19.4. The smallest absolute Gasteiger partial charge is 0.372 e. The maximum Gasteiger partial charge on any atom is 0.437 e. The Hall–Kier alpha value is -4.31. The van der Waals surface area contributed by atoms with Gasteiger partial charge in [0.1, 0.15) is 6.54 Å². The highest BCUT2D eigenvalue weighted by Gasteiger charge is 2.64. The van der Waals surface area contributed by atoms with Crippen LogP contribution in [-0.2, 0) is 28.5 Å². The van der Waals surface area contributed by atoms with Crippen LogP contribution in [0.2, 0.25) is 0 Å². The molecule has 220 valence electrons. The van der Waals surface area contributed by atoms with E-state index < -0.39 is 66.8 Å². The first kappa shape index (κ1) is 29.7. The molecule has 8 nitrogen and oxygen atoms in total. The second-order valence-electron chi connectivity index (χ2n) is 8.95. The number of hydrogen-bond donors (Lipinski definition) is 2. The van der Waals surface area contributed by atoms with Gasteiger partial charge in [0.05, 0.1) is 24.4 Å². The highest BCUT2D eigenvalue weighted by molar-refractivity contribution is 6.16. The number of nitrogens with one attached hydrogen (secondary N) is 2. The minimum absolute atomic E-state index is 0.0592. The van der Waals surface area contributed by atoms with Crippen LogP contribution in [0.5, 0.6) is 0 Å². The molecule has 2 aromatic carbocycles. The van der Waals surface area contributed by atoms with Crippen LogP contribution >= 0.6 is 0 Å². The molecular formula is C24H18F9N5O3. The van der Waals surface area contributed by atoms with Crippen molar-refractivity contribution in [1.82, 2.24) is 20.4 Å². The fourth-order valence-corrected chi connectivity index (χ4v) is 4.26. The fraction of sp³-hybridized carbons (Fsp3) is 0.333. The molecule has 1 atom stereocenters. The monoisotopic (exact) mass is 595 g/mol. The van der Waals surface area contributed by atoms with Crippen LogP contribution in [0.1, 0.15) is 33.7 Å². The Morgan fingerprint density at radius 2 is 1.63 bits per heavy atom. The van der Waals surface area contributed by atoms with E-state index >= 15 is 0 Å². The van der Waals surface area contributed by atoms with Gasteiger partial charge in [0.25, 0.3) is 11.5 Å². The molecule has 0 radical (unpaired) electrons. The van der Waals surface area contributed by atoms with Crippen molar-refractivity contribution in [3.8, 4) is 0 Å². The number of benzene rings is 2. The third-order valence-electron chi connectivity index (χ3n) is 6.15. The molecule has 1 aliphatic rings. The van der Waals surface area contributed by atoms with Crippen molar-refractivity contribution in [2.24, 2.45) is 12.2 Å². The molecule has 0 spiro atoms. The molecule has 0 aliphatic carbocycles. The lowest BCUT2D eigenvalue weighted by atomic mass is 9.87. The number of nitrogens with zero attached hydrogens (tertiary/aromatic N) is 3. The van der Waals surface area contributed by atoms with Gasteiger partial charge >= 0.3 is 18.5 Å². The quantitative estimate of drug-likeness (QED) is 0.408. The van der Waals surface area contributed by atoms with E-state index in [1.807, 2.05) is 0 Å². The van der Waals surface area contributed by atoms with Crippen molar-refractivity contribution in [2.75, 3.05) is 13.1 Å². The van der Waals surface area contributed by atoms with Crippen LogP contribution in [0.4, 0.5) is 39.5 Å². The second kappa shape index (κ2) is 10.3. The third-order valence-corrected chi connectivity index (χ3v) is 6.15. The summed E-state index contributed by atoms with van der Waals surface area (Å²) < 4.78 is 120. The Labute approximate surface area is 224 Å². The lowest BCUT2D eigenvalue weighted by Gasteiger charge is -2.29. The summed E-state index contributed by atoms with van der Waals surface area (Å²) in [6.07, 6.45) is -15.9. The molecule has 17 heteroatoms. The van der Waals surface area contributed by atoms with Gasteiger partial charge in [-0.2, -0.15) is 44.6 Å². The van der Waals surface area contributed by atoms with Crippen molar-refractivity contribution in [1.29, 1.82) is 0 Å². The zero-order chi connectivity index (χ0) is 30.4. The van der Waals surface area contributed by atoms with Crippen LogP contribution < -0.4 is 10.6 Å². The molecule has 1 aliphatic heterocycles. The van der Waals surface area contributed by atoms with Gasteiger partial charge in [0, 0.05) is 18.2 Å². The zero-order valence-electron chi connectivity index (χ0n) is 20.6. The Morgan fingerprint density at radius 1 is 0.976 bits per heavy atom. The van der Waals surface area contributed by atoms with Gasteiger partial charge in [-0.15, -0.1) is 0 Å². The van der Waals surface area contributed by atoms with Gasteiger partial charge in [0.2, 0.25) is 5.91 Å². The highest BCUT2D eigenvalue weighted by Crippen LogP contribution is 2.50. The Balaban J connectivity index is 1.64. The zero-order valence-corrected chi connectivity index (χ0v) is 20.6. The van der Waals surface area contributed by atoms with E-state index in [1.165, 1.54) is 36.4 Å². The third kappa shape index (κ3) is 5.92. The number of aryl methyl sites for hydroxylation is 1. The molecule has 0 saturated carbocycles. The molecule has 2 heterocycles. The van der Waals surface area contributed by atoms with Gasteiger partial charge in [-0.25, -0.2) is 0 Å². The summed E-state index contributed by atoms with van der Waals surface area (Å²) in [6.45, 7) is -2.39. The summed E-state index contributed by atoms with van der Waals surface area (Å²) in [7, 11) is 0.908. The standard InChI is InChI=1S/C24H18F9N5O3/c1-38-18(8-17(36-38)23(28,29)30)21(24(31,32)33)9-16(37-41-21)14-6-7-15(13-5-3-2-4-12(13)14)20(40)34-10-19(39)35-11-22(25,26)27/h2-8H,9-11H2,1H3,(H,34,40)(H,35,39). The molecule has 1 unspecified atom stereocenters. The molecule has 4 rings (SSSR count). The summed E-state index contributed by atoms with van der Waals surface area (Å²) in [5.74, 6) is -1.97. The molecular weight excluding hydrogens is 577 g/mol. The molecule has 0 saturated heterocycles. The van der Waals surface area contributed by atoms with Crippen LogP contribution in [0.3, 0.4) is 0 Å². The number of rotatable bonds is 6. The van der Waals surface area contributed by atoms with E-state index in [-0.39, 0.29) is 33.7 Å². The molecule has 2 amide bonds. The van der Waals surface area contributed by atoms with Crippen molar-refractivity contribution in [2.45, 2.75) is 30.6 Å². The molecule has 41 heavy (non-hydrogen) atoms. The average Bonchev–Trinajstić information content (AvgIpc) is 3.49. The first-order valence-electron chi connectivity index (χ1n) is 11.5. The van der Waals surface area contributed by atoms with Crippen LogP contribution in [-0.4, -0.2) is 52.7 Å². The van der Waals surface area contributed by atoms with Crippen molar-refractivity contribution < 1.29 is 53.9 Å². The van der Waals surface area contributed by atoms with Gasteiger partial charge in [0.15, 0.2) is 5.69 Å². The first-order chi connectivity index (χ1) is 18.9. The predicted molar refractivity (Wildman–Crippen MR) is 124 cm³/mol. The fourth-order valence-electron chi connectivity index (χ4n) is 4.26. The van der Waals surface area contributed by atoms with E-state index in [4.69, 9.17) is 4.84 Å². The number of halogens is 9. The molecule has 1 aromatic heterocycles. The normalized spacial score (nSPS) is 17.8. The topological polar surface area (TPSA) is 97.6 Å². The predicted octanol–water partition coefficient (Wildman–Crippen LogP) is 4.58. The SMILES string of the molecule is Cn1nc(C(F)(F)F)cc1C1(C(F)(F)F)CC(c2ccc(C(=O)NCC(=O)NCC(F)(F)F)c3ccccc23)=NO1. The summed E-state index contributed by atoms with van der Waals surface area (Å²) in [5, 5.41) is 10.9. The van der Waals surface area contributed by atoms with Crippen molar-refractivity contribution in [3.05, 3.63) is 65.0 Å². The summed E-state index contributed by atoms with van der Waals surface area (Å²) in [4.78, 5) is 29.2. The number of alkyl halides is 9. The number of fused-ring (bicyclic) bond motifs is 1. The lowest BCUT2D eigenvalue weighted by molar-refractivity contribution is -0.278. The second-order valence-corrected chi connectivity index (χ2v) is 8.95.